The third kappa shape index (κ3) is 2.26. The molecule has 0 saturated carbocycles. The number of nitrogens with zero attached hydrogens (tertiary/aromatic N) is 1. The van der Waals surface area contributed by atoms with Crippen molar-refractivity contribution < 1.29 is 0 Å². The summed E-state index contributed by atoms with van der Waals surface area (Å²) in [6, 6.07) is 11.8. The maximum absolute atomic E-state index is 5.68. The van der Waals surface area contributed by atoms with E-state index in [9.17, 15) is 0 Å². The molecule has 70 valence electrons. The molecule has 3 heteroatoms. The zero-order valence-electron chi connectivity index (χ0n) is 7.55. The minimum Gasteiger partial charge on any atom is -0.399 e. The topological polar surface area (TPSA) is 38.9 Å². The Balaban J connectivity index is 2.19. The monoisotopic (exact) mass is 202 g/mol. The number of benzene rings is 1. The molecular weight excluding hydrogens is 192 g/mol. The summed E-state index contributed by atoms with van der Waals surface area (Å²) in [6.07, 6.45) is 3.61. The smallest absolute Gasteiger partial charge is 0.0407 e. The van der Waals surface area contributed by atoms with Gasteiger partial charge in [0.25, 0.3) is 0 Å². The zero-order chi connectivity index (χ0) is 9.80. The lowest BCUT2D eigenvalue weighted by Crippen LogP contribution is -1.83. The highest BCUT2D eigenvalue weighted by molar-refractivity contribution is 7.99. The predicted octanol–water partition coefficient (Wildman–Crippen LogP) is 2.82. The van der Waals surface area contributed by atoms with Gasteiger partial charge in [-0.2, -0.15) is 0 Å². The molecule has 0 bridgehead atoms. The minimum atomic E-state index is 0.791. The standard InChI is InChI=1S/C11H10N2S/c12-9-3-1-4-10(7-9)14-11-5-2-6-13-8-11/h1-8H,12H2. The first kappa shape index (κ1) is 9.09. The van der Waals surface area contributed by atoms with Crippen LogP contribution in [-0.4, -0.2) is 4.98 Å². The molecule has 0 saturated heterocycles. The number of rotatable bonds is 2. The molecule has 0 spiro atoms. The number of hydrogen-bond acceptors (Lipinski definition) is 3. The van der Waals surface area contributed by atoms with E-state index >= 15 is 0 Å². The zero-order valence-corrected chi connectivity index (χ0v) is 8.37. The van der Waals surface area contributed by atoms with Crippen LogP contribution < -0.4 is 5.73 Å². The van der Waals surface area contributed by atoms with E-state index in [2.05, 4.69) is 4.98 Å². The first-order valence-corrected chi connectivity index (χ1v) is 5.10. The van der Waals surface area contributed by atoms with Crippen molar-refractivity contribution in [3.63, 3.8) is 0 Å². The molecule has 1 aromatic carbocycles. The number of nitrogens with two attached hydrogens (primary N) is 1. The van der Waals surface area contributed by atoms with Crippen LogP contribution in [0.1, 0.15) is 0 Å². The van der Waals surface area contributed by atoms with Crippen LogP contribution in [0.15, 0.2) is 58.6 Å². The van der Waals surface area contributed by atoms with Crippen LogP contribution in [0, 0.1) is 0 Å². The third-order valence-electron chi connectivity index (χ3n) is 1.73. The van der Waals surface area contributed by atoms with Crippen molar-refractivity contribution in [3.05, 3.63) is 48.8 Å². The molecule has 0 unspecified atom stereocenters. The Hall–Kier alpha value is -1.48. The number of hydrogen-bond donors (Lipinski definition) is 1. The normalized spacial score (nSPS) is 10.0. The van der Waals surface area contributed by atoms with E-state index in [1.807, 2.05) is 42.6 Å². The van der Waals surface area contributed by atoms with Crippen LogP contribution in [0.5, 0.6) is 0 Å². The second-order valence-corrected chi connectivity index (χ2v) is 4.01. The largest absolute Gasteiger partial charge is 0.399 e. The Bertz CT molecular complexity index is 415. The SMILES string of the molecule is Nc1cccc(Sc2cccnc2)c1. The number of aromatic nitrogens is 1. The van der Waals surface area contributed by atoms with Gasteiger partial charge in [0.15, 0.2) is 0 Å². The van der Waals surface area contributed by atoms with Gasteiger partial charge in [0.2, 0.25) is 0 Å². The number of pyridine rings is 1. The highest BCUT2D eigenvalue weighted by Gasteiger charge is 1.96. The fourth-order valence-corrected chi connectivity index (χ4v) is 2.00. The fourth-order valence-electron chi connectivity index (χ4n) is 1.12. The number of nitrogen functional groups attached to an aromatic ring is 1. The van der Waals surface area contributed by atoms with Crippen molar-refractivity contribution in [1.82, 2.24) is 4.98 Å². The Labute approximate surface area is 87.2 Å². The van der Waals surface area contributed by atoms with Gasteiger partial charge >= 0.3 is 0 Å². The summed E-state index contributed by atoms with van der Waals surface area (Å²) in [5.74, 6) is 0. The van der Waals surface area contributed by atoms with E-state index in [4.69, 9.17) is 5.73 Å². The molecule has 2 aromatic rings. The maximum atomic E-state index is 5.68. The van der Waals surface area contributed by atoms with Gasteiger partial charge < -0.3 is 5.73 Å². The van der Waals surface area contributed by atoms with Crippen LogP contribution in [0.3, 0.4) is 0 Å². The van der Waals surface area contributed by atoms with Crippen LogP contribution >= 0.6 is 11.8 Å². The average molecular weight is 202 g/mol. The minimum absolute atomic E-state index is 0.791. The Morgan fingerprint density at radius 2 is 1.93 bits per heavy atom. The summed E-state index contributed by atoms with van der Waals surface area (Å²) in [4.78, 5) is 6.31. The lowest BCUT2D eigenvalue weighted by atomic mass is 10.3. The molecule has 14 heavy (non-hydrogen) atoms. The molecule has 0 aliphatic heterocycles. The second kappa shape index (κ2) is 4.15. The van der Waals surface area contributed by atoms with E-state index in [0.29, 0.717) is 0 Å². The lowest BCUT2D eigenvalue weighted by molar-refractivity contribution is 1.23. The molecule has 0 fully saturated rings. The molecule has 0 aliphatic carbocycles. The third-order valence-corrected chi connectivity index (χ3v) is 2.70. The Kier molecular flexibility index (Phi) is 2.70. The van der Waals surface area contributed by atoms with Gasteiger partial charge in [-0.25, -0.2) is 0 Å². The van der Waals surface area contributed by atoms with Crippen LogP contribution in [0.2, 0.25) is 0 Å². The molecule has 0 amide bonds. The first-order chi connectivity index (χ1) is 6.84. The Morgan fingerprint density at radius 1 is 1.07 bits per heavy atom. The van der Waals surface area contributed by atoms with Gasteiger partial charge in [0, 0.05) is 27.9 Å². The van der Waals surface area contributed by atoms with Gasteiger partial charge in [0.1, 0.15) is 0 Å². The summed E-state index contributed by atoms with van der Waals surface area (Å²) in [5.41, 5.74) is 6.47. The molecule has 2 nitrogen and oxygen atoms in total. The van der Waals surface area contributed by atoms with Crippen molar-refractivity contribution in [2.24, 2.45) is 0 Å². The van der Waals surface area contributed by atoms with Gasteiger partial charge in [-0.05, 0) is 30.3 Å². The summed E-state index contributed by atoms with van der Waals surface area (Å²) in [6.45, 7) is 0. The maximum Gasteiger partial charge on any atom is 0.0407 e. The molecule has 1 aromatic heterocycles. The molecule has 0 atom stereocenters. The van der Waals surface area contributed by atoms with Crippen molar-refractivity contribution in [2.75, 3.05) is 5.73 Å². The van der Waals surface area contributed by atoms with Crippen LogP contribution in [0.4, 0.5) is 5.69 Å². The van der Waals surface area contributed by atoms with Crippen LogP contribution in [0.25, 0.3) is 0 Å². The quantitative estimate of drug-likeness (QED) is 0.761. The number of anilines is 1. The van der Waals surface area contributed by atoms with Crippen molar-refractivity contribution in [3.8, 4) is 0 Å². The average Bonchev–Trinajstić information content (AvgIpc) is 2.19. The van der Waals surface area contributed by atoms with E-state index < -0.39 is 0 Å². The highest BCUT2D eigenvalue weighted by atomic mass is 32.2. The van der Waals surface area contributed by atoms with Gasteiger partial charge in [-0.3, -0.25) is 4.98 Å². The molecule has 2 rings (SSSR count). The van der Waals surface area contributed by atoms with Crippen molar-refractivity contribution in [1.29, 1.82) is 0 Å². The second-order valence-electron chi connectivity index (χ2n) is 2.86. The summed E-state index contributed by atoms with van der Waals surface area (Å²) in [5, 5.41) is 0. The van der Waals surface area contributed by atoms with Crippen LogP contribution in [-0.2, 0) is 0 Å². The molecule has 0 aliphatic rings. The van der Waals surface area contributed by atoms with E-state index in [1.165, 1.54) is 0 Å². The first-order valence-electron chi connectivity index (χ1n) is 4.28. The lowest BCUT2D eigenvalue weighted by Gasteiger charge is -2.01. The predicted molar refractivity (Wildman–Crippen MR) is 59.2 cm³/mol. The fraction of sp³-hybridized carbons (Fsp3) is 0. The summed E-state index contributed by atoms with van der Waals surface area (Å²) < 4.78 is 0. The summed E-state index contributed by atoms with van der Waals surface area (Å²) >= 11 is 1.66. The van der Waals surface area contributed by atoms with E-state index in [1.54, 1.807) is 18.0 Å². The van der Waals surface area contributed by atoms with Gasteiger partial charge in [-0.1, -0.05) is 17.8 Å². The highest BCUT2D eigenvalue weighted by Crippen LogP contribution is 2.27. The van der Waals surface area contributed by atoms with Gasteiger partial charge in [0.05, 0.1) is 0 Å². The molecule has 2 N–H and O–H groups in total. The molecule has 1 heterocycles. The Morgan fingerprint density at radius 3 is 2.64 bits per heavy atom. The van der Waals surface area contributed by atoms with Crippen molar-refractivity contribution >= 4 is 17.4 Å². The molecular formula is C11H10N2S. The van der Waals surface area contributed by atoms with Crippen molar-refractivity contribution in [2.45, 2.75) is 9.79 Å². The van der Waals surface area contributed by atoms with E-state index in [0.717, 1.165) is 15.5 Å². The molecule has 0 radical (unpaired) electrons. The summed E-state index contributed by atoms with van der Waals surface area (Å²) in [7, 11) is 0. The van der Waals surface area contributed by atoms with Gasteiger partial charge in [-0.15, -0.1) is 0 Å². The van der Waals surface area contributed by atoms with E-state index in [-0.39, 0.29) is 0 Å².